The van der Waals surface area contributed by atoms with Crippen LogP contribution in [0.25, 0.3) is 5.76 Å². The van der Waals surface area contributed by atoms with Crippen LogP contribution >= 0.6 is 0 Å². The van der Waals surface area contributed by atoms with Crippen LogP contribution in [0.3, 0.4) is 0 Å². The van der Waals surface area contributed by atoms with Crippen molar-refractivity contribution in [2.75, 3.05) is 6.61 Å². The van der Waals surface area contributed by atoms with Crippen molar-refractivity contribution >= 4 is 23.1 Å². The molecule has 0 radical (unpaired) electrons. The van der Waals surface area contributed by atoms with Crippen molar-refractivity contribution in [3.63, 3.8) is 0 Å². The number of nitrogens with zero attached hydrogens (tertiary/aromatic N) is 2. The lowest BCUT2D eigenvalue weighted by Gasteiger charge is -2.08. The molecule has 0 aliphatic heterocycles. The molecule has 0 fully saturated rings. The van der Waals surface area contributed by atoms with E-state index in [-0.39, 0.29) is 11.3 Å². The molecule has 0 heterocycles. The number of unbranched alkanes of at least 4 members (excludes halogenated alkanes) is 3. The third-order valence-corrected chi connectivity index (χ3v) is 4.07. The van der Waals surface area contributed by atoms with Crippen molar-refractivity contribution < 1.29 is 14.6 Å². The number of aliphatic hydroxyl groups excluding tert-OH is 1. The first-order chi connectivity index (χ1) is 13.1. The van der Waals surface area contributed by atoms with Crippen LogP contribution in [0, 0.1) is 0 Å². The molecule has 0 aliphatic rings. The molecule has 2 aromatic carbocycles. The zero-order chi connectivity index (χ0) is 19.5. The monoisotopic (exact) mass is 366 g/mol. The Hall–Kier alpha value is -2.95. The van der Waals surface area contributed by atoms with Gasteiger partial charge in [0, 0.05) is 5.56 Å². The van der Waals surface area contributed by atoms with E-state index in [9.17, 15) is 9.90 Å². The second-order valence-corrected chi connectivity index (χ2v) is 6.25. The van der Waals surface area contributed by atoms with Gasteiger partial charge >= 0.3 is 5.97 Å². The van der Waals surface area contributed by atoms with Crippen LogP contribution in [0.4, 0.5) is 11.4 Å². The standard InChI is InChI=1S/C22H26N2O3/c1-3-4-5-9-16-27-22(26)17(2)21(25)18-12-14-20(15-13-18)24-23-19-10-7-6-8-11-19/h6-8,10-15,25H,3-5,9,16H2,1-2H3/b21-17?,24-23+. The van der Waals surface area contributed by atoms with Crippen LogP contribution < -0.4 is 0 Å². The average Bonchev–Trinajstić information content (AvgIpc) is 2.72. The highest BCUT2D eigenvalue weighted by Crippen LogP contribution is 2.22. The Morgan fingerprint density at radius 3 is 2.19 bits per heavy atom. The van der Waals surface area contributed by atoms with Gasteiger partial charge in [-0.15, -0.1) is 0 Å². The minimum absolute atomic E-state index is 0.0832. The maximum atomic E-state index is 12.0. The summed E-state index contributed by atoms with van der Waals surface area (Å²) in [7, 11) is 0. The van der Waals surface area contributed by atoms with E-state index in [0.29, 0.717) is 17.9 Å². The molecule has 0 unspecified atom stereocenters. The van der Waals surface area contributed by atoms with Gasteiger partial charge in [-0.25, -0.2) is 4.79 Å². The van der Waals surface area contributed by atoms with E-state index < -0.39 is 5.97 Å². The van der Waals surface area contributed by atoms with E-state index in [2.05, 4.69) is 17.2 Å². The minimum Gasteiger partial charge on any atom is -0.507 e. The summed E-state index contributed by atoms with van der Waals surface area (Å²) in [4.78, 5) is 12.0. The van der Waals surface area contributed by atoms with Crippen molar-refractivity contribution in [2.45, 2.75) is 39.5 Å². The third-order valence-electron chi connectivity index (χ3n) is 4.07. The van der Waals surface area contributed by atoms with Gasteiger partial charge < -0.3 is 9.84 Å². The molecular weight excluding hydrogens is 340 g/mol. The van der Waals surface area contributed by atoms with E-state index >= 15 is 0 Å². The number of rotatable bonds is 9. The molecule has 2 rings (SSSR count). The highest BCUT2D eigenvalue weighted by molar-refractivity contribution is 5.95. The number of azo groups is 1. The molecule has 27 heavy (non-hydrogen) atoms. The van der Waals surface area contributed by atoms with Crippen molar-refractivity contribution in [3.05, 3.63) is 65.7 Å². The lowest BCUT2D eigenvalue weighted by atomic mass is 10.1. The van der Waals surface area contributed by atoms with Gasteiger partial charge in [0.25, 0.3) is 0 Å². The smallest absolute Gasteiger partial charge is 0.337 e. The normalized spacial score (nSPS) is 12.1. The van der Waals surface area contributed by atoms with Gasteiger partial charge in [0.05, 0.1) is 23.6 Å². The first kappa shape index (κ1) is 20.4. The van der Waals surface area contributed by atoms with E-state index in [0.717, 1.165) is 31.4 Å². The minimum atomic E-state index is -0.489. The molecule has 142 valence electrons. The van der Waals surface area contributed by atoms with Gasteiger partial charge in [0.1, 0.15) is 5.76 Å². The Balaban J connectivity index is 1.96. The van der Waals surface area contributed by atoms with Gasteiger partial charge in [0.2, 0.25) is 0 Å². The molecule has 0 bridgehead atoms. The predicted octanol–water partition coefficient (Wildman–Crippen LogP) is 6.51. The largest absolute Gasteiger partial charge is 0.507 e. The Labute approximate surface area is 160 Å². The summed E-state index contributed by atoms with van der Waals surface area (Å²) >= 11 is 0. The number of carbonyl (C=O) groups is 1. The predicted molar refractivity (Wildman–Crippen MR) is 107 cm³/mol. The first-order valence-electron chi connectivity index (χ1n) is 9.26. The zero-order valence-electron chi connectivity index (χ0n) is 15.9. The summed E-state index contributed by atoms with van der Waals surface area (Å²) in [5.74, 6) is -0.572. The van der Waals surface area contributed by atoms with Gasteiger partial charge in [-0.2, -0.15) is 10.2 Å². The Bertz CT molecular complexity index is 781. The summed E-state index contributed by atoms with van der Waals surface area (Å²) in [5.41, 5.74) is 2.16. The summed E-state index contributed by atoms with van der Waals surface area (Å²) in [5, 5.41) is 18.6. The number of benzene rings is 2. The number of esters is 1. The molecule has 5 nitrogen and oxygen atoms in total. The van der Waals surface area contributed by atoms with Crippen LogP contribution in [0.15, 0.2) is 70.4 Å². The number of aliphatic hydroxyl groups is 1. The van der Waals surface area contributed by atoms with E-state index in [1.807, 2.05) is 30.3 Å². The van der Waals surface area contributed by atoms with Gasteiger partial charge in [-0.3, -0.25) is 0 Å². The van der Waals surface area contributed by atoms with E-state index in [1.54, 1.807) is 31.2 Å². The van der Waals surface area contributed by atoms with Crippen LogP contribution in [-0.2, 0) is 9.53 Å². The van der Waals surface area contributed by atoms with Crippen molar-refractivity contribution in [1.82, 2.24) is 0 Å². The van der Waals surface area contributed by atoms with Crippen molar-refractivity contribution in [1.29, 1.82) is 0 Å². The molecule has 0 saturated heterocycles. The fourth-order valence-corrected chi connectivity index (χ4v) is 2.41. The molecule has 0 atom stereocenters. The second kappa shape index (κ2) is 10.9. The molecule has 0 amide bonds. The number of hydrogen-bond donors (Lipinski definition) is 1. The fourth-order valence-electron chi connectivity index (χ4n) is 2.41. The van der Waals surface area contributed by atoms with E-state index in [1.165, 1.54) is 0 Å². The Kier molecular flexibility index (Phi) is 8.23. The first-order valence-corrected chi connectivity index (χ1v) is 9.26. The molecule has 0 aromatic heterocycles. The molecule has 2 aromatic rings. The highest BCUT2D eigenvalue weighted by atomic mass is 16.5. The lowest BCUT2D eigenvalue weighted by Crippen LogP contribution is -2.09. The molecule has 0 aliphatic carbocycles. The van der Waals surface area contributed by atoms with Gasteiger partial charge in [-0.1, -0.05) is 44.4 Å². The molecule has 1 N–H and O–H groups in total. The van der Waals surface area contributed by atoms with Crippen molar-refractivity contribution in [2.24, 2.45) is 10.2 Å². The lowest BCUT2D eigenvalue weighted by molar-refractivity contribution is -0.139. The molecule has 0 spiro atoms. The molecular formula is C22H26N2O3. The van der Waals surface area contributed by atoms with Gasteiger partial charge in [0.15, 0.2) is 0 Å². The summed E-state index contributed by atoms with van der Waals surface area (Å²) < 4.78 is 5.21. The molecule has 5 heteroatoms. The number of ether oxygens (including phenoxy) is 1. The van der Waals surface area contributed by atoms with Crippen LogP contribution in [-0.4, -0.2) is 17.7 Å². The fraction of sp³-hybridized carbons (Fsp3) is 0.318. The zero-order valence-corrected chi connectivity index (χ0v) is 15.9. The summed E-state index contributed by atoms with van der Waals surface area (Å²) in [6.07, 6.45) is 4.15. The van der Waals surface area contributed by atoms with Gasteiger partial charge in [-0.05, 0) is 49.7 Å². The topological polar surface area (TPSA) is 71.2 Å². The summed E-state index contributed by atoms with van der Waals surface area (Å²) in [6, 6.07) is 16.3. The quantitative estimate of drug-likeness (QED) is 0.181. The average molecular weight is 366 g/mol. The number of hydrogen-bond acceptors (Lipinski definition) is 5. The second-order valence-electron chi connectivity index (χ2n) is 6.25. The van der Waals surface area contributed by atoms with E-state index in [4.69, 9.17) is 4.74 Å². The van der Waals surface area contributed by atoms with Crippen LogP contribution in [0.5, 0.6) is 0 Å². The SMILES string of the molecule is CCCCCCOC(=O)C(C)=C(O)c1ccc(/N=N/c2ccccc2)cc1. The maximum absolute atomic E-state index is 12.0. The van der Waals surface area contributed by atoms with Crippen molar-refractivity contribution in [3.8, 4) is 0 Å². The summed E-state index contributed by atoms with van der Waals surface area (Å²) in [6.45, 7) is 4.07. The maximum Gasteiger partial charge on any atom is 0.337 e. The third kappa shape index (κ3) is 6.70. The van der Waals surface area contributed by atoms with Crippen LogP contribution in [0.1, 0.15) is 45.1 Å². The highest BCUT2D eigenvalue weighted by Gasteiger charge is 2.13. The number of carbonyl (C=O) groups excluding carboxylic acids is 1. The Morgan fingerprint density at radius 1 is 0.926 bits per heavy atom. The Morgan fingerprint density at radius 2 is 1.56 bits per heavy atom. The van der Waals surface area contributed by atoms with Crippen LogP contribution in [0.2, 0.25) is 0 Å². The molecule has 0 saturated carbocycles.